The van der Waals surface area contributed by atoms with Gasteiger partial charge in [-0.3, -0.25) is 0 Å². The van der Waals surface area contributed by atoms with Crippen LogP contribution in [0.15, 0.2) is 53.7 Å². The van der Waals surface area contributed by atoms with Crippen LogP contribution in [0.3, 0.4) is 0 Å². The van der Waals surface area contributed by atoms with Crippen LogP contribution in [-0.2, 0) is 16.4 Å². The van der Waals surface area contributed by atoms with Gasteiger partial charge in [0.2, 0.25) is 10.0 Å². The molecule has 0 atom stereocenters. The number of carbonyl (C=O) groups is 1. The summed E-state index contributed by atoms with van der Waals surface area (Å²) in [6.07, 6.45) is 4.35. The number of amides is 2. The smallest absolute Gasteiger partial charge is 0.317 e. The normalized spacial score (nSPS) is 15.4. The number of piperazine rings is 1. The summed E-state index contributed by atoms with van der Waals surface area (Å²) >= 11 is 0. The minimum absolute atomic E-state index is 0.00184. The first-order chi connectivity index (χ1) is 14.8. The van der Waals surface area contributed by atoms with Crippen LogP contribution in [0.4, 0.5) is 13.6 Å². The third kappa shape index (κ3) is 4.52. The highest BCUT2D eigenvalue weighted by atomic mass is 32.2. The van der Waals surface area contributed by atoms with Gasteiger partial charge in [-0.1, -0.05) is 6.07 Å². The molecule has 3 heterocycles. The van der Waals surface area contributed by atoms with Crippen molar-refractivity contribution < 1.29 is 22.0 Å². The predicted octanol–water partition coefficient (Wildman–Crippen LogP) is 1.87. The van der Waals surface area contributed by atoms with E-state index in [0.29, 0.717) is 19.0 Å². The maximum absolute atomic E-state index is 13.9. The maximum Gasteiger partial charge on any atom is 0.317 e. The van der Waals surface area contributed by atoms with E-state index in [-0.39, 0.29) is 32.2 Å². The second-order valence-electron chi connectivity index (χ2n) is 7.15. The summed E-state index contributed by atoms with van der Waals surface area (Å²) in [5, 5.41) is 2.81. The molecule has 0 unspecified atom stereocenters. The number of sulfonamides is 1. The minimum Gasteiger partial charge on any atom is -0.338 e. The third-order valence-corrected chi connectivity index (χ3v) is 7.02. The number of imidazole rings is 1. The molecule has 31 heavy (non-hydrogen) atoms. The number of nitrogens with zero attached hydrogens (tertiary/aromatic N) is 4. The lowest BCUT2D eigenvalue weighted by molar-refractivity contribution is 0.172. The zero-order valence-corrected chi connectivity index (χ0v) is 17.4. The lowest BCUT2D eigenvalue weighted by Crippen LogP contribution is -2.53. The molecule has 1 aliphatic heterocycles. The van der Waals surface area contributed by atoms with Gasteiger partial charge in [0, 0.05) is 51.5 Å². The van der Waals surface area contributed by atoms with Gasteiger partial charge >= 0.3 is 6.03 Å². The van der Waals surface area contributed by atoms with Crippen molar-refractivity contribution in [1.82, 2.24) is 23.9 Å². The number of pyridine rings is 1. The number of rotatable bonds is 5. The number of nitrogens with one attached hydrogen (secondary N) is 1. The molecule has 11 heteroatoms. The molecule has 1 aromatic carbocycles. The van der Waals surface area contributed by atoms with Gasteiger partial charge in [-0.25, -0.2) is 27.0 Å². The topological polar surface area (TPSA) is 87.0 Å². The monoisotopic (exact) mass is 449 g/mol. The van der Waals surface area contributed by atoms with Crippen molar-refractivity contribution in [1.29, 1.82) is 0 Å². The molecule has 4 rings (SSSR count). The van der Waals surface area contributed by atoms with Crippen LogP contribution in [0.2, 0.25) is 0 Å². The molecule has 0 bridgehead atoms. The van der Waals surface area contributed by atoms with Gasteiger partial charge in [0.1, 0.15) is 22.2 Å². The fourth-order valence-corrected chi connectivity index (χ4v) is 4.96. The summed E-state index contributed by atoms with van der Waals surface area (Å²) in [6.45, 7) is 0.679. The number of benzene rings is 1. The maximum atomic E-state index is 13.9. The van der Waals surface area contributed by atoms with E-state index in [4.69, 9.17) is 0 Å². The van der Waals surface area contributed by atoms with E-state index in [0.717, 1.165) is 27.8 Å². The van der Waals surface area contributed by atoms with Gasteiger partial charge in [0.05, 0.1) is 5.69 Å². The molecule has 1 N–H and O–H groups in total. The first kappa shape index (κ1) is 21.2. The molecule has 0 aliphatic carbocycles. The van der Waals surface area contributed by atoms with Gasteiger partial charge in [-0.2, -0.15) is 4.31 Å². The first-order valence-corrected chi connectivity index (χ1v) is 11.2. The number of carbonyl (C=O) groups excluding carboxylic acids is 1. The lowest BCUT2D eigenvalue weighted by atomic mass is 10.3. The highest BCUT2D eigenvalue weighted by Gasteiger charge is 2.32. The lowest BCUT2D eigenvalue weighted by Gasteiger charge is -2.34. The van der Waals surface area contributed by atoms with Crippen LogP contribution in [0.1, 0.15) is 5.69 Å². The Morgan fingerprint density at radius 1 is 1.10 bits per heavy atom. The Hall–Kier alpha value is -3.05. The van der Waals surface area contributed by atoms with E-state index >= 15 is 0 Å². The molecular weight excluding hydrogens is 428 g/mol. The second-order valence-corrected chi connectivity index (χ2v) is 9.05. The van der Waals surface area contributed by atoms with E-state index in [1.807, 2.05) is 35.0 Å². The Kier molecular flexibility index (Phi) is 5.88. The molecule has 3 aromatic rings. The molecule has 0 saturated carbocycles. The van der Waals surface area contributed by atoms with Crippen LogP contribution < -0.4 is 5.32 Å². The Balaban J connectivity index is 1.30. The highest BCUT2D eigenvalue weighted by Crippen LogP contribution is 2.21. The summed E-state index contributed by atoms with van der Waals surface area (Å²) in [6, 6.07) is 7.71. The van der Waals surface area contributed by atoms with Crippen molar-refractivity contribution in [3.63, 3.8) is 0 Å². The van der Waals surface area contributed by atoms with Crippen LogP contribution >= 0.6 is 0 Å². The Bertz CT molecular complexity index is 1170. The summed E-state index contributed by atoms with van der Waals surface area (Å²) in [7, 11) is -4.18. The predicted molar refractivity (Wildman–Crippen MR) is 109 cm³/mol. The Labute approximate surface area is 178 Å². The van der Waals surface area contributed by atoms with Gasteiger partial charge in [-0.15, -0.1) is 0 Å². The molecule has 2 aromatic heterocycles. The van der Waals surface area contributed by atoms with Crippen molar-refractivity contribution in [3.05, 3.63) is 66.1 Å². The van der Waals surface area contributed by atoms with Crippen LogP contribution in [0.25, 0.3) is 5.65 Å². The van der Waals surface area contributed by atoms with Crippen LogP contribution in [0.5, 0.6) is 0 Å². The largest absolute Gasteiger partial charge is 0.338 e. The molecular formula is C20H21F2N5O3S. The molecule has 164 valence electrons. The van der Waals surface area contributed by atoms with Crippen molar-refractivity contribution >= 4 is 21.7 Å². The second kappa shape index (κ2) is 8.60. The van der Waals surface area contributed by atoms with Crippen LogP contribution in [0, 0.1) is 11.6 Å². The summed E-state index contributed by atoms with van der Waals surface area (Å²) in [5.41, 5.74) is 1.68. The average molecular weight is 449 g/mol. The molecule has 1 aliphatic rings. The van der Waals surface area contributed by atoms with Crippen molar-refractivity contribution in [3.8, 4) is 0 Å². The van der Waals surface area contributed by atoms with E-state index in [9.17, 15) is 22.0 Å². The minimum atomic E-state index is -4.18. The number of halogens is 2. The fourth-order valence-electron chi connectivity index (χ4n) is 3.46. The van der Waals surface area contributed by atoms with E-state index in [2.05, 4.69) is 10.3 Å². The summed E-state index contributed by atoms with van der Waals surface area (Å²) in [5.74, 6) is -1.84. The summed E-state index contributed by atoms with van der Waals surface area (Å²) < 4.78 is 55.5. The Morgan fingerprint density at radius 3 is 2.61 bits per heavy atom. The molecule has 0 radical (unpaired) electrons. The molecule has 0 spiro atoms. The highest BCUT2D eigenvalue weighted by molar-refractivity contribution is 7.89. The number of urea groups is 1. The Morgan fingerprint density at radius 2 is 1.87 bits per heavy atom. The van der Waals surface area contributed by atoms with Crippen molar-refractivity contribution in [2.45, 2.75) is 11.3 Å². The summed E-state index contributed by atoms with van der Waals surface area (Å²) in [4.78, 5) is 17.7. The average Bonchev–Trinajstić information content (AvgIpc) is 3.18. The third-order valence-electron chi connectivity index (χ3n) is 5.11. The number of hydrogen-bond donors (Lipinski definition) is 1. The fraction of sp³-hybridized carbons (Fsp3) is 0.300. The number of fused-ring (bicyclic) bond motifs is 1. The quantitative estimate of drug-likeness (QED) is 0.644. The molecule has 8 nitrogen and oxygen atoms in total. The zero-order chi connectivity index (χ0) is 22.0. The number of aromatic nitrogens is 2. The number of hydrogen-bond acceptors (Lipinski definition) is 4. The standard InChI is InChI=1S/C20H21F2N5O3S/c21-15-4-5-17(22)18(13-15)31(29,30)27-11-9-25(10-12-27)20(28)23-7-6-16-14-26-8-2-1-3-19(26)24-16/h1-5,8,13-14H,6-7,9-12H2,(H,23,28). The van der Waals surface area contributed by atoms with Gasteiger partial charge in [0.25, 0.3) is 0 Å². The van der Waals surface area contributed by atoms with E-state index in [1.165, 1.54) is 4.90 Å². The SMILES string of the molecule is O=C(NCCc1cn2ccccc2n1)N1CCN(S(=O)(=O)c2cc(F)ccc2F)CC1. The van der Waals surface area contributed by atoms with Crippen LogP contribution in [-0.4, -0.2) is 65.8 Å². The van der Waals surface area contributed by atoms with Crippen molar-refractivity contribution in [2.24, 2.45) is 0 Å². The van der Waals surface area contributed by atoms with Gasteiger partial charge in [0.15, 0.2) is 0 Å². The van der Waals surface area contributed by atoms with Gasteiger partial charge in [-0.05, 0) is 30.3 Å². The first-order valence-electron chi connectivity index (χ1n) is 9.75. The molecule has 1 saturated heterocycles. The van der Waals surface area contributed by atoms with E-state index in [1.54, 1.807) is 0 Å². The molecule has 2 amide bonds. The van der Waals surface area contributed by atoms with E-state index < -0.39 is 26.6 Å². The zero-order valence-electron chi connectivity index (χ0n) is 16.5. The van der Waals surface area contributed by atoms with Crippen molar-refractivity contribution in [2.75, 3.05) is 32.7 Å². The molecule has 1 fully saturated rings. The van der Waals surface area contributed by atoms with Gasteiger partial charge < -0.3 is 14.6 Å².